The monoisotopic (exact) mass is 369 g/mol. The SMILES string of the molecule is NC(=O)OC1CCN(C(=O)Cn2c(=O)sc3c(Cl)cccc32)CC1. The number of nitrogens with zero attached hydrogens (tertiary/aromatic N) is 2. The van der Waals surface area contributed by atoms with E-state index in [-0.39, 0.29) is 23.4 Å². The highest BCUT2D eigenvalue weighted by molar-refractivity contribution is 7.17. The average Bonchev–Trinajstić information content (AvgIpc) is 2.85. The maximum absolute atomic E-state index is 12.5. The third kappa shape index (κ3) is 3.39. The number of carbonyl (C=O) groups excluding carboxylic acids is 2. The number of primary amides is 1. The minimum atomic E-state index is -0.798. The molecule has 0 saturated carbocycles. The van der Waals surface area contributed by atoms with Crippen molar-refractivity contribution in [1.82, 2.24) is 9.47 Å². The fourth-order valence-electron chi connectivity index (χ4n) is 2.82. The van der Waals surface area contributed by atoms with E-state index in [1.165, 1.54) is 4.57 Å². The molecule has 128 valence electrons. The van der Waals surface area contributed by atoms with Crippen LogP contribution in [0.25, 0.3) is 10.2 Å². The number of carbonyl (C=O) groups is 2. The summed E-state index contributed by atoms with van der Waals surface area (Å²) in [5, 5.41) is 0.505. The van der Waals surface area contributed by atoms with Crippen molar-refractivity contribution in [2.24, 2.45) is 5.73 Å². The van der Waals surface area contributed by atoms with E-state index < -0.39 is 6.09 Å². The van der Waals surface area contributed by atoms with E-state index in [0.717, 1.165) is 11.3 Å². The summed E-state index contributed by atoms with van der Waals surface area (Å²) in [6.07, 6.45) is 0.0301. The quantitative estimate of drug-likeness (QED) is 0.892. The Morgan fingerprint density at radius 1 is 1.33 bits per heavy atom. The number of nitrogens with two attached hydrogens (primary N) is 1. The first kappa shape index (κ1) is 16.8. The van der Waals surface area contributed by atoms with Crippen molar-refractivity contribution in [3.63, 3.8) is 0 Å². The molecule has 0 atom stereocenters. The maximum Gasteiger partial charge on any atom is 0.404 e. The van der Waals surface area contributed by atoms with Crippen LogP contribution in [0.5, 0.6) is 0 Å². The van der Waals surface area contributed by atoms with Crippen molar-refractivity contribution in [2.45, 2.75) is 25.5 Å². The molecule has 3 rings (SSSR count). The summed E-state index contributed by atoms with van der Waals surface area (Å²) in [4.78, 5) is 36.9. The normalized spacial score (nSPS) is 15.6. The van der Waals surface area contributed by atoms with Crippen LogP contribution in [0.1, 0.15) is 12.8 Å². The number of thiazole rings is 1. The molecule has 1 aliphatic rings. The Morgan fingerprint density at radius 3 is 2.71 bits per heavy atom. The van der Waals surface area contributed by atoms with Gasteiger partial charge >= 0.3 is 11.0 Å². The molecule has 2 amide bonds. The molecular formula is C15H16ClN3O4S. The Morgan fingerprint density at radius 2 is 2.04 bits per heavy atom. The number of rotatable bonds is 3. The highest BCUT2D eigenvalue weighted by atomic mass is 35.5. The van der Waals surface area contributed by atoms with Crippen molar-refractivity contribution in [2.75, 3.05) is 13.1 Å². The first-order valence-corrected chi connectivity index (χ1v) is 8.67. The number of benzene rings is 1. The van der Waals surface area contributed by atoms with Crippen molar-refractivity contribution in [3.8, 4) is 0 Å². The number of likely N-dealkylation sites (tertiary alicyclic amines) is 1. The fourth-order valence-corrected chi connectivity index (χ4v) is 4.01. The van der Waals surface area contributed by atoms with Gasteiger partial charge in [-0.05, 0) is 12.1 Å². The lowest BCUT2D eigenvalue weighted by Gasteiger charge is -2.31. The molecule has 2 N–H and O–H groups in total. The lowest BCUT2D eigenvalue weighted by Crippen LogP contribution is -2.43. The summed E-state index contributed by atoms with van der Waals surface area (Å²) in [5.41, 5.74) is 5.66. The van der Waals surface area contributed by atoms with Gasteiger partial charge in [-0.1, -0.05) is 29.0 Å². The predicted molar refractivity (Wildman–Crippen MR) is 91.4 cm³/mol. The lowest BCUT2D eigenvalue weighted by atomic mass is 10.1. The van der Waals surface area contributed by atoms with E-state index in [9.17, 15) is 14.4 Å². The smallest absolute Gasteiger partial charge is 0.404 e. The minimum Gasteiger partial charge on any atom is -0.446 e. The summed E-state index contributed by atoms with van der Waals surface area (Å²) < 4.78 is 7.08. The third-order valence-electron chi connectivity index (χ3n) is 4.02. The number of ether oxygens (including phenoxy) is 1. The molecule has 0 spiro atoms. The van der Waals surface area contributed by atoms with E-state index in [2.05, 4.69) is 0 Å². The predicted octanol–water partition coefficient (Wildman–Crippen LogP) is 1.80. The van der Waals surface area contributed by atoms with Crippen LogP contribution in [0.3, 0.4) is 0 Å². The number of hydrogen-bond acceptors (Lipinski definition) is 5. The molecule has 1 aromatic carbocycles. The Bertz CT molecular complexity index is 839. The number of halogens is 1. The first-order chi connectivity index (χ1) is 11.5. The highest BCUT2D eigenvalue weighted by Crippen LogP contribution is 2.26. The number of piperidine rings is 1. The fraction of sp³-hybridized carbons (Fsp3) is 0.400. The van der Waals surface area contributed by atoms with Crippen LogP contribution in [0.2, 0.25) is 5.02 Å². The van der Waals surface area contributed by atoms with Gasteiger partial charge in [-0.2, -0.15) is 0 Å². The summed E-state index contributed by atoms with van der Waals surface area (Å²) in [6, 6.07) is 5.25. The molecule has 0 aliphatic carbocycles. The standard InChI is InChI=1S/C15H16ClN3O4S/c16-10-2-1-3-11-13(10)24-15(22)19(11)8-12(20)18-6-4-9(5-7-18)23-14(17)21/h1-3,9H,4-8H2,(H2,17,21). The van der Waals surface area contributed by atoms with Gasteiger partial charge in [0.05, 0.1) is 15.2 Å². The van der Waals surface area contributed by atoms with Gasteiger partial charge in [0.1, 0.15) is 12.6 Å². The van der Waals surface area contributed by atoms with Gasteiger partial charge in [0, 0.05) is 25.9 Å². The highest BCUT2D eigenvalue weighted by Gasteiger charge is 2.25. The number of aromatic nitrogens is 1. The number of hydrogen-bond donors (Lipinski definition) is 1. The van der Waals surface area contributed by atoms with Gasteiger partial charge in [0.15, 0.2) is 0 Å². The van der Waals surface area contributed by atoms with Gasteiger partial charge in [-0.15, -0.1) is 0 Å². The van der Waals surface area contributed by atoms with Crippen LogP contribution in [0, 0.1) is 0 Å². The van der Waals surface area contributed by atoms with Gasteiger partial charge in [0.2, 0.25) is 5.91 Å². The second-order valence-corrected chi connectivity index (χ2v) is 6.93. The molecule has 1 aliphatic heterocycles. The van der Waals surface area contributed by atoms with Crippen LogP contribution < -0.4 is 10.6 Å². The van der Waals surface area contributed by atoms with Crippen LogP contribution in [-0.4, -0.2) is 40.7 Å². The molecule has 0 unspecified atom stereocenters. The molecule has 1 aromatic heterocycles. The molecule has 1 saturated heterocycles. The van der Waals surface area contributed by atoms with E-state index in [4.69, 9.17) is 22.1 Å². The van der Waals surface area contributed by atoms with Crippen LogP contribution in [0.15, 0.2) is 23.0 Å². The van der Waals surface area contributed by atoms with E-state index >= 15 is 0 Å². The van der Waals surface area contributed by atoms with Crippen LogP contribution in [-0.2, 0) is 16.1 Å². The molecule has 2 heterocycles. The zero-order valence-electron chi connectivity index (χ0n) is 12.7. The maximum atomic E-state index is 12.5. The minimum absolute atomic E-state index is 0.0273. The number of fused-ring (bicyclic) bond motifs is 1. The van der Waals surface area contributed by atoms with Gasteiger partial charge in [0.25, 0.3) is 0 Å². The number of amides is 2. The Kier molecular flexibility index (Phi) is 4.77. The van der Waals surface area contributed by atoms with Gasteiger partial charge < -0.3 is 15.4 Å². The van der Waals surface area contributed by atoms with Gasteiger partial charge in [-0.25, -0.2) is 4.79 Å². The molecular weight excluding hydrogens is 354 g/mol. The Labute approximate surface area is 146 Å². The summed E-state index contributed by atoms with van der Waals surface area (Å²) in [5.74, 6) is -0.144. The molecule has 24 heavy (non-hydrogen) atoms. The van der Waals surface area contributed by atoms with Crippen molar-refractivity contribution in [1.29, 1.82) is 0 Å². The van der Waals surface area contributed by atoms with Crippen molar-refractivity contribution in [3.05, 3.63) is 32.9 Å². The zero-order valence-corrected chi connectivity index (χ0v) is 14.3. The average molecular weight is 370 g/mol. The summed E-state index contributed by atoms with van der Waals surface area (Å²) in [7, 11) is 0. The van der Waals surface area contributed by atoms with Gasteiger partial charge in [-0.3, -0.25) is 14.2 Å². The molecule has 1 fully saturated rings. The largest absolute Gasteiger partial charge is 0.446 e. The lowest BCUT2D eigenvalue weighted by molar-refractivity contribution is -0.133. The van der Waals surface area contributed by atoms with Crippen molar-refractivity contribution < 1.29 is 14.3 Å². The second-order valence-electron chi connectivity index (χ2n) is 5.56. The molecule has 2 aromatic rings. The Balaban J connectivity index is 1.70. The van der Waals surface area contributed by atoms with E-state index in [0.29, 0.717) is 41.2 Å². The molecule has 0 bridgehead atoms. The molecule has 0 radical (unpaired) electrons. The van der Waals surface area contributed by atoms with Crippen LogP contribution in [0.4, 0.5) is 4.79 Å². The second kappa shape index (κ2) is 6.82. The van der Waals surface area contributed by atoms with E-state index in [1.54, 1.807) is 23.1 Å². The summed E-state index contributed by atoms with van der Waals surface area (Å²) in [6.45, 7) is 0.906. The topological polar surface area (TPSA) is 94.6 Å². The first-order valence-electron chi connectivity index (χ1n) is 7.47. The zero-order chi connectivity index (χ0) is 17.3. The third-order valence-corrected chi connectivity index (χ3v) is 5.47. The Hall–Kier alpha value is -2.06. The van der Waals surface area contributed by atoms with Crippen molar-refractivity contribution >= 4 is 45.2 Å². The summed E-state index contributed by atoms with van der Waals surface area (Å²) >= 11 is 7.13. The molecule has 7 nitrogen and oxygen atoms in total. The van der Waals surface area contributed by atoms with E-state index in [1.807, 2.05) is 0 Å². The molecule has 9 heteroatoms. The van der Waals surface area contributed by atoms with Crippen LogP contribution >= 0.6 is 22.9 Å².